The molecular formula is C22H21ClN6O3. The van der Waals surface area contributed by atoms with Crippen LogP contribution in [-0.4, -0.2) is 36.3 Å². The molecule has 0 bridgehead atoms. The lowest BCUT2D eigenvalue weighted by Crippen LogP contribution is -2.40. The van der Waals surface area contributed by atoms with Crippen molar-refractivity contribution in [2.24, 2.45) is 0 Å². The molecule has 1 amide bonds. The van der Waals surface area contributed by atoms with E-state index in [0.29, 0.717) is 27.6 Å². The van der Waals surface area contributed by atoms with E-state index in [4.69, 9.17) is 16.1 Å². The molecule has 1 fully saturated rings. The van der Waals surface area contributed by atoms with Crippen LogP contribution in [0.3, 0.4) is 0 Å². The first-order valence-corrected chi connectivity index (χ1v) is 10.9. The molecule has 9 nitrogen and oxygen atoms in total. The average Bonchev–Trinajstić information content (AvgIpc) is 3.40. The highest BCUT2D eigenvalue weighted by Crippen LogP contribution is 2.25. The van der Waals surface area contributed by atoms with Crippen LogP contribution in [0.1, 0.15) is 32.1 Å². The lowest BCUT2D eigenvalue weighted by atomic mass is 9.95. The van der Waals surface area contributed by atoms with Gasteiger partial charge in [0.1, 0.15) is 6.54 Å². The SMILES string of the molecule is O=C(Cn1nc2c(-c3nc(-c4cccc(Cl)c4)no3)cccn2c1=O)NC1CCCCC1. The molecule has 1 N–H and O–H groups in total. The van der Waals surface area contributed by atoms with Gasteiger partial charge in [0.05, 0.1) is 5.56 Å². The van der Waals surface area contributed by atoms with Crippen LogP contribution < -0.4 is 11.0 Å². The molecule has 0 unspecified atom stereocenters. The van der Waals surface area contributed by atoms with Gasteiger partial charge < -0.3 is 9.84 Å². The first kappa shape index (κ1) is 20.4. The molecule has 3 aromatic heterocycles. The number of pyridine rings is 1. The molecule has 5 rings (SSSR count). The number of aromatic nitrogens is 5. The van der Waals surface area contributed by atoms with E-state index in [1.165, 1.54) is 10.8 Å². The summed E-state index contributed by atoms with van der Waals surface area (Å²) in [5.74, 6) is 0.373. The van der Waals surface area contributed by atoms with E-state index in [9.17, 15) is 9.59 Å². The molecule has 0 radical (unpaired) electrons. The Morgan fingerprint density at radius 2 is 2.03 bits per heavy atom. The zero-order valence-electron chi connectivity index (χ0n) is 17.2. The van der Waals surface area contributed by atoms with E-state index < -0.39 is 5.69 Å². The second-order valence-corrected chi connectivity index (χ2v) is 8.33. The largest absolute Gasteiger partial charge is 0.352 e. The first-order chi connectivity index (χ1) is 15.6. The fourth-order valence-corrected chi connectivity index (χ4v) is 4.23. The maximum absolute atomic E-state index is 12.8. The number of amides is 1. The van der Waals surface area contributed by atoms with Gasteiger partial charge >= 0.3 is 5.69 Å². The van der Waals surface area contributed by atoms with E-state index in [0.717, 1.165) is 30.4 Å². The Morgan fingerprint density at radius 1 is 1.19 bits per heavy atom. The lowest BCUT2D eigenvalue weighted by molar-refractivity contribution is -0.122. The van der Waals surface area contributed by atoms with Crippen LogP contribution in [0, 0.1) is 0 Å². The first-order valence-electron chi connectivity index (χ1n) is 10.6. The number of halogens is 1. The third-order valence-corrected chi connectivity index (χ3v) is 5.85. The third-order valence-electron chi connectivity index (χ3n) is 5.61. The summed E-state index contributed by atoms with van der Waals surface area (Å²) in [6.07, 6.45) is 6.98. The Hall–Kier alpha value is -3.46. The van der Waals surface area contributed by atoms with Crippen LogP contribution in [0.2, 0.25) is 5.02 Å². The average molecular weight is 453 g/mol. The van der Waals surface area contributed by atoms with Crippen molar-refractivity contribution in [3.8, 4) is 22.8 Å². The molecule has 0 saturated heterocycles. The number of nitrogens with one attached hydrogen (secondary N) is 1. The van der Waals surface area contributed by atoms with E-state index in [1.54, 1.807) is 36.5 Å². The number of rotatable bonds is 5. The molecule has 4 aromatic rings. The van der Waals surface area contributed by atoms with E-state index in [1.807, 2.05) is 6.07 Å². The van der Waals surface area contributed by atoms with Crippen molar-refractivity contribution in [2.45, 2.75) is 44.7 Å². The summed E-state index contributed by atoms with van der Waals surface area (Å²) in [6.45, 7) is -0.145. The Labute approximate surface area is 188 Å². The van der Waals surface area contributed by atoms with Crippen molar-refractivity contribution in [3.05, 3.63) is 58.1 Å². The van der Waals surface area contributed by atoms with Gasteiger partial charge in [0.15, 0.2) is 5.65 Å². The van der Waals surface area contributed by atoms with Crippen LogP contribution in [0.15, 0.2) is 51.9 Å². The van der Waals surface area contributed by atoms with Crippen molar-refractivity contribution < 1.29 is 9.32 Å². The summed E-state index contributed by atoms with van der Waals surface area (Å²) in [7, 11) is 0. The molecule has 1 saturated carbocycles. The highest BCUT2D eigenvalue weighted by Gasteiger charge is 2.20. The van der Waals surface area contributed by atoms with Gasteiger partial charge in [-0.3, -0.25) is 4.79 Å². The highest BCUT2D eigenvalue weighted by molar-refractivity contribution is 6.30. The van der Waals surface area contributed by atoms with Crippen molar-refractivity contribution in [3.63, 3.8) is 0 Å². The zero-order chi connectivity index (χ0) is 22.1. The predicted molar refractivity (Wildman–Crippen MR) is 118 cm³/mol. The minimum Gasteiger partial charge on any atom is -0.352 e. The number of hydrogen-bond donors (Lipinski definition) is 1. The topological polar surface area (TPSA) is 107 Å². The number of carbonyl (C=O) groups is 1. The normalized spacial score (nSPS) is 14.7. The van der Waals surface area contributed by atoms with Gasteiger partial charge in [0.25, 0.3) is 5.89 Å². The van der Waals surface area contributed by atoms with E-state index in [2.05, 4.69) is 20.6 Å². The minimum atomic E-state index is -0.407. The molecule has 1 aromatic carbocycles. The summed E-state index contributed by atoms with van der Waals surface area (Å²) >= 11 is 6.05. The van der Waals surface area contributed by atoms with Crippen molar-refractivity contribution in [1.29, 1.82) is 0 Å². The fourth-order valence-electron chi connectivity index (χ4n) is 4.04. The number of carbonyl (C=O) groups excluding carboxylic acids is 1. The molecular weight excluding hydrogens is 432 g/mol. The predicted octanol–water partition coefficient (Wildman–Crippen LogP) is 3.32. The molecule has 164 valence electrons. The number of nitrogens with zero attached hydrogens (tertiary/aromatic N) is 5. The monoisotopic (exact) mass is 452 g/mol. The zero-order valence-corrected chi connectivity index (χ0v) is 18.0. The van der Waals surface area contributed by atoms with Crippen LogP contribution >= 0.6 is 11.6 Å². The summed E-state index contributed by atoms with van der Waals surface area (Å²) in [5, 5.41) is 12.0. The summed E-state index contributed by atoms with van der Waals surface area (Å²) in [6, 6.07) is 10.7. The second-order valence-electron chi connectivity index (χ2n) is 7.89. The maximum atomic E-state index is 12.8. The Kier molecular flexibility index (Phi) is 5.48. The standard InChI is InChI=1S/C22H21ClN6O3/c23-15-7-4-6-14(12-15)19-25-21(32-27-19)17-10-5-11-28-20(17)26-29(22(28)31)13-18(30)24-16-8-2-1-3-9-16/h4-7,10-12,16H,1-3,8-9,13H2,(H,24,30). The van der Waals surface area contributed by atoms with Crippen molar-refractivity contribution >= 4 is 23.2 Å². The Balaban J connectivity index is 1.43. The van der Waals surface area contributed by atoms with E-state index in [-0.39, 0.29) is 24.4 Å². The van der Waals surface area contributed by atoms with Gasteiger partial charge in [0.2, 0.25) is 11.7 Å². The summed E-state index contributed by atoms with van der Waals surface area (Å²) < 4.78 is 7.96. The van der Waals surface area contributed by atoms with Gasteiger partial charge in [-0.25, -0.2) is 13.9 Å². The molecule has 1 aliphatic rings. The third kappa shape index (κ3) is 4.03. The maximum Gasteiger partial charge on any atom is 0.350 e. The minimum absolute atomic E-state index is 0.145. The smallest absolute Gasteiger partial charge is 0.350 e. The molecule has 3 heterocycles. The molecule has 1 aliphatic carbocycles. The van der Waals surface area contributed by atoms with E-state index >= 15 is 0 Å². The molecule has 0 aliphatic heterocycles. The Bertz CT molecular complexity index is 1330. The number of hydrogen-bond acceptors (Lipinski definition) is 6. The van der Waals surface area contributed by atoms with Crippen LogP contribution in [0.4, 0.5) is 0 Å². The second kappa shape index (κ2) is 8.58. The van der Waals surface area contributed by atoms with Gasteiger partial charge in [-0.1, -0.05) is 48.2 Å². The lowest BCUT2D eigenvalue weighted by Gasteiger charge is -2.22. The Morgan fingerprint density at radius 3 is 2.84 bits per heavy atom. The van der Waals surface area contributed by atoms with Crippen LogP contribution in [-0.2, 0) is 11.3 Å². The number of fused-ring (bicyclic) bond motifs is 1. The van der Waals surface area contributed by atoms with Gasteiger partial charge in [-0.2, -0.15) is 4.98 Å². The molecule has 32 heavy (non-hydrogen) atoms. The van der Waals surface area contributed by atoms with Gasteiger partial charge in [0, 0.05) is 22.8 Å². The quantitative estimate of drug-likeness (QED) is 0.497. The molecule has 10 heteroatoms. The highest BCUT2D eigenvalue weighted by atomic mass is 35.5. The summed E-state index contributed by atoms with van der Waals surface area (Å²) in [5.41, 5.74) is 1.14. The van der Waals surface area contributed by atoms with Crippen molar-refractivity contribution in [2.75, 3.05) is 0 Å². The number of benzene rings is 1. The fraction of sp³-hybridized carbons (Fsp3) is 0.318. The van der Waals surface area contributed by atoms with Crippen molar-refractivity contribution in [1.82, 2.24) is 29.6 Å². The van der Waals surface area contributed by atoms with Crippen LogP contribution in [0.5, 0.6) is 0 Å². The van der Waals surface area contributed by atoms with Crippen LogP contribution in [0.25, 0.3) is 28.5 Å². The summed E-state index contributed by atoms with van der Waals surface area (Å²) in [4.78, 5) is 29.7. The van der Waals surface area contributed by atoms with Gasteiger partial charge in [-0.05, 0) is 37.1 Å². The van der Waals surface area contributed by atoms with Gasteiger partial charge in [-0.15, -0.1) is 5.10 Å². The molecule has 0 atom stereocenters. The molecule has 0 spiro atoms.